The summed E-state index contributed by atoms with van der Waals surface area (Å²) in [5.74, 6) is -2.67. The molecule has 0 radical (unpaired) electrons. The van der Waals surface area contributed by atoms with Crippen LogP contribution in [0.25, 0.3) is 10.2 Å². The van der Waals surface area contributed by atoms with Crippen LogP contribution in [-0.4, -0.2) is 22.7 Å². The van der Waals surface area contributed by atoms with Crippen LogP contribution in [-0.2, 0) is 25.5 Å². The third-order valence-corrected chi connectivity index (χ3v) is 4.27. The molecular formula is C16H16N2O4S. The van der Waals surface area contributed by atoms with Crippen LogP contribution in [0.1, 0.15) is 26.3 Å². The van der Waals surface area contributed by atoms with Gasteiger partial charge in [0.05, 0.1) is 10.2 Å². The summed E-state index contributed by atoms with van der Waals surface area (Å²) in [7, 11) is 0. The van der Waals surface area contributed by atoms with Gasteiger partial charge in [-0.3, -0.25) is 0 Å². The van der Waals surface area contributed by atoms with Crippen molar-refractivity contribution < 1.29 is 19.1 Å². The van der Waals surface area contributed by atoms with Crippen molar-refractivity contribution >= 4 is 38.6 Å². The van der Waals surface area contributed by atoms with E-state index < -0.39 is 17.7 Å². The zero-order valence-electron chi connectivity index (χ0n) is 13.0. The summed E-state index contributed by atoms with van der Waals surface area (Å²) in [5.41, 5.74) is 1.91. The quantitative estimate of drug-likeness (QED) is 0.529. The van der Waals surface area contributed by atoms with Crippen LogP contribution in [0.15, 0.2) is 30.0 Å². The SMILES string of the molecule is CCc1ccc2nc(NC=C3C(=O)OC(C)(C)OC3=O)sc2c1. The Bertz CT molecular complexity index is 801. The number of cyclic esters (lactones) is 2. The predicted molar refractivity (Wildman–Crippen MR) is 87.0 cm³/mol. The number of thiazole rings is 1. The van der Waals surface area contributed by atoms with Gasteiger partial charge in [0.2, 0.25) is 0 Å². The highest BCUT2D eigenvalue weighted by Gasteiger charge is 2.38. The number of ether oxygens (including phenoxy) is 2. The summed E-state index contributed by atoms with van der Waals surface area (Å²) < 4.78 is 11.1. The number of nitrogens with zero attached hydrogens (tertiary/aromatic N) is 1. The van der Waals surface area contributed by atoms with Gasteiger partial charge in [0.15, 0.2) is 10.7 Å². The first-order chi connectivity index (χ1) is 10.9. The van der Waals surface area contributed by atoms with Crippen LogP contribution in [0.4, 0.5) is 5.13 Å². The fourth-order valence-corrected chi connectivity index (χ4v) is 3.06. The number of carbonyl (C=O) groups excluding carboxylic acids is 2. The molecule has 1 aliphatic heterocycles. The minimum absolute atomic E-state index is 0.183. The Morgan fingerprint density at radius 3 is 2.61 bits per heavy atom. The van der Waals surface area contributed by atoms with E-state index in [0.29, 0.717) is 5.13 Å². The van der Waals surface area contributed by atoms with Gasteiger partial charge in [-0.15, -0.1) is 0 Å². The zero-order valence-corrected chi connectivity index (χ0v) is 13.8. The summed E-state index contributed by atoms with van der Waals surface area (Å²) >= 11 is 1.45. The highest BCUT2D eigenvalue weighted by molar-refractivity contribution is 7.22. The van der Waals surface area contributed by atoms with Crippen LogP contribution < -0.4 is 5.32 Å². The Balaban J connectivity index is 1.82. The number of aromatic nitrogens is 1. The van der Waals surface area contributed by atoms with Crippen LogP contribution >= 0.6 is 11.3 Å². The monoisotopic (exact) mass is 332 g/mol. The number of benzene rings is 1. The molecule has 2 aromatic rings. The van der Waals surface area contributed by atoms with Crippen molar-refractivity contribution in [2.75, 3.05) is 5.32 Å². The van der Waals surface area contributed by atoms with E-state index in [9.17, 15) is 9.59 Å². The molecule has 0 spiro atoms. The average molecular weight is 332 g/mol. The number of anilines is 1. The van der Waals surface area contributed by atoms with Gasteiger partial charge in [0.1, 0.15) is 0 Å². The first-order valence-corrected chi connectivity index (χ1v) is 8.02. The summed E-state index contributed by atoms with van der Waals surface area (Å²) in [6, 6.07) is 6.06. The van der Waals surface area contributed by atoms with E-state index in [1.165, 1.54) is 36.9 Å². The zero-order chi connectivity index (χ0) is 16.6. The van der Waals surface area contributed by atoms with E-state index >= 15 is 0 Å². The van der Waals surface area contributed by atoms with E-state index in [-0.39, 0.29) is 5.57 Å². The fourth-order valence-electron chi connectivity index (χ4n) is 2.16. The minimum Gasteiger partial charge on any atom is -0.419 e. The Hall–Kier alpha value is -2.41. The maximum atomic E-state index is 11.8. The van der Waals surface area contributed by atoms with Crippen molar-refractivity contribution in [2.24, 2.45) is 0 Å². The molecule has 0 amide bonds. The topological polar surface area (TPSA) is 77.5 Å². The molecule has 0 aliphatic carbocycles. The number of nitrogens with one attached hydrogen (secondary N) is 1. The summed E-state index contributed by atoms with van der Waals surface area (Å²) in [6.45, 7) is 5.10. The highest BCUT2D eigenvalue weighted by Crippen LogP contribution is 2.28. The van der Waals surface area contributed by atoms with E-state index in [0.717, 1.165) is 16.6 Å². The molecule has 1 aliphatic rings. The summed E-state index contributed by atoms with van der Waals surface area (Å²) in [4.78, 5) is 28.1. The Kier molecular flexibility index (Phi) is 3.81. The van der Waals surface area contributed by atoms with Crippen LogP contribution in [0.3, 0.4) is 0 Å². The molecule has 0 saturated carbocycles. The third kappa shape index (κ3) is 3.19. The molecule has 1 N–H and O–H groups in total. The minimum atomic E-state index is -1.24. The van der Waals surface area contributed by atoms with Crippen LogP contribution in [0, 0.1) is 0 Å². The van der Waals surface area contributed by atoms with Crippen molar-refractivity contribution in [3.63, 3.8) is 0 Å². The number of fused-ring (bicyclic) bond motifs is 1. The normalized spacial score (nSPS) is 16.9. The van der Waals surface area contributed by atoms with E-state index in [4.69, 9.17) is 9.47 Å². The molecular weight excluding hydrogens is 316 g/mol. The van der Waals surface area contributed by atoms with Crippen LogP contribution in [0.2, 0.25) is 0 Å². The largest absolute Gasteiger partial charge is 0.419 e. The lowest BCUT2D eigenvalue weighted by atomic mass is 10.2. The first kappa shape index (κ1) is 15.5. The van der Waals surface area contributed by atoms with Crippen molar-refractivity contribution in [2.45, 2.75) is 33.0 Å². The molecule has 2 heterocycles. The van der Waals surface area contributed by atoms with Crippen molar-refractivity contribution in [1.82, 2.24) is 4.98 Å². The Morgan fingerprint density at radius 2 is 1.96 bits per heavy atom. The second-order valence-corrected chi connectivity index (χ2v) is 6.59. The molecule has 3 rings (SSSR count). The molecule has 120 valence electrons. The van der Waals surface area contributed by atoms with Gasteiger partial charge in [-0.1, -0.05) is 24.3 Å². The van der Waals surface area contributed by atoms with Gasteiger partial charge in [-0.25, -0.2) is 14.6 Å². The first-order valence-electron chi connectivity index (χ1n) is 7.21. The third-order valence-electron chi connectivity index (χ3n) is 3.32. The molecule has 1 saturated heterocycles. The molecule has 0 unspecified atom stereocenters. The maximum absolute atomic E-state index is 11.8. The number of esters is 2. The number of hydrogen-bond donors (Lipinski definition) is 1. The Labute approximate surface area is 137 Å². The standard InChI is InChI=1S/C16H16N2O4S/c1-4-9-5-6-11-12(7-9)23-15(18-11)17-8-10-13(19)21-16(2,3)22-14(10)20/h5-8H,4H2,1-3H3,(H,17,18). The van der Waals surface area contributed by atoms with Gasteiger partial charge in [-0.05, 0) is 24.1 Å². The van der Waals surface area contributed by atoms with E-state index in [1.54, 1.807) is 0 Å². The van der Waals surface area contributed by atoms with Gasteiger partial charge < -0.3 is 14.8 Å². The van der Waals surface area contributed by atoms with Gasteiger partial charge in [0.25, 0.3) is 5.79 Å². The molecule has 1 aromatic carbocycles. The molecule has 1 aromatic heterocycles. The smallest absolute Gasteiger partial charge is 0.350 e. The number of aryl methyl sites for hydroxylation is 1. The second kappa shape index (κ2) is 5.66. The molecule has 6 nitrogen and oxygen atoms in total. The van der Waals surface area contributed by atoms with Crippen molar-refractivity contribution in [1.29, 1.82) is 0 Å². The summed E-state index contributed by atoms with van der Waals surface area (Å²) in [6.07, 6.45) is 2.23. The number of carbonyl (C=O) groups is 2. The fraction of sp³-hybridized carbons (Fsp3) is 0.312. The molecule has 0 bridgehead atoms. The second-order valence-electron chi connectivity index (χ2n) is 5.56. The molecule has 0 atom stereocenters. The van der Waals surface area contributed by atoms with Gasteiger partial charge >= 0.3 is 11.9 Å². The van der Waals surface area contributed by atoms with Crippen molar-refractivity contribution in [3.05, 3.63) is 35.5 Å². The lowest BCUT2D eigenvalue weighted by molar-refractivity contribution is -0.222. The lowest BCUT2D eigenvalue weighted by Crippen LogP contribution is -2.42. The van der Waals surface area contributed by atoms with Crippen LogP contribution in [0.5, 0.6) is 0 Å². The summed E-state index contributed by atoms with van der Waals surface area (Å²) in [5, 5.41) is 3.46. The molecule has 7 heteroatoms. The highest BCUT2D eigenvalue weighted by atomic mass is 32.1. The predicted octanol–water partition coefficient (Wildman–Crippen LogP) is 2.99. The Morgan fingerprint density at radius 1 is 1.26 bits per heavy atom. The number of rotatable bonds is 3. The van der Waals surface area contributed by atoms with E-state index in [2.05, 4.69) is 23.3 Å². The van der Waals surface area contributed by atoms with Gasteiger partial charge in [0, 0.05) is 20.0 Å². The van der Waals surface area contributed by atoms with Gasteiger partial charge in [-0.2, -0.15) is 0 Å². The van der Waals surface area contributed by atoms with Crippen molar-refractivity contribution in [3.8, 4) is 0 Å². The molecule has 23 heavy (non-hydrogen) atoms. The molecule has 1 fully saturated rings. The average Bonchev–Trinajstić information content (AvgIpc) is 2.86. The van der Waals surface area contributed by atoms with E-state index in [1.807, 2.05) is 12.1 Å². The maximum Gasteiger partial charge on any atom is 0.350 e. The lowest BCUT2D eigenvalue weighted by Gasteiger charge is -2.29. The number of hydrogen-bond acceptors (Lipinski definition) is 7.